The van der Waals surface area contributed by atoms with Gasteiger partial charge < -0.3 is 24.4 Å². The van der Waals surface area contributed by atoms with Crippen LogP contribution in [0.3, 0.4) is 0 Å². The molecule has 0 aromatic rings. The summed E-state index contributed by atoms with van der Waals surface area (Å²) in [6.45, 7) is 4.86. The van der Waals surface area contributed by atoms with Crippen molar-refractivity contribution in [3.63, 3.8) is 0 Å². The Bertz CT molecular complexity index is 164. The molecule has 0 spiro atoms. The molecule has 1 fully saturated rings. The molecule has 5 nitrogen and oxygen atoms in total. The van der Waals surface area contributed by atoms with Crippen LogP contribution in [0.1, 0.15) is 45.4 Å². The predicted molar refractivity (Wildman–Crippen MR) is 78.9 cm³/mol. The van der Waals surface area contributed by atoms with Crippen LogP contribution in [-0.4, -0.2) is 62.6 Å². The van der Waals surface area contributed by atoms with Gasteiger partial charge in [-0.15, -0.1) is 0 Å². The van der Waals surface area contributed by atoms with Gasteiger partial charge in [-0.3, -0.25) is 0 Å². The third-order valence-corrected chi connectivity index (χ3v) is 2.95. The SMILES string of the molecule is CCCOC1CCCCC1.OCCOCCOCCO. The van der Waals surface area contributed by atoms with Crippen LogP contribution in [0.4, 0.5) is 0 Å². The van der Waals surface area contributed by atoms with Crippen molar-refractivity contribution in [3.8, 4) is 0 Å². The monoisotopic (exact) mass is 292 g/mol. The van der Waals surface area contributed by atoms with E-state index in [4.69, 9.17) is 24.4 Å². The van der Waals surface area contributed by atoms with Gasteiger partial charge in [0.15, 0.2) is 0 Å². The summed E-state index contributed by atoms with van der Waals surface area (Å²) in [5.74, 6) is 0. The normalized spacial score (nSPS) is 15.8. The molecule has 0 amide bonds. The highest BCUT2D eigenvalue weighted by Gasteiger charge is 2.12. The van der Waals surface area contributed by atoms with Crippen molar-refractivity contribution in [1.82, 2.24) is 0 Å². The topological polar surface area (TPSA) is 68.2 Å². The van der Waals surface area contributed by atoms with Crippen molar-refractivity contribution < 1.29 is 24.4 Å². The smallest absolute Gasteiger partial charge is 0.0701 e. The molecule has 0 heterocycles. The van der Waals surface area contributed by atoms with E-state index in [1.807, 2.05) is 0 Å². The number of aliphatic hydroxyl groups is 2. The first-order valence-corrected chi connectivity index (χ1v) is 7.84. The Labute approximate surface area is 123 Å². The maximum absolute atomic E-state index is 8.26. The lowest BCUT2D eigenvalue weighted by atomic mass is 9.98. The lowest BCUT2D eigenvalue weighted by Crippen LogP contribution is -2.16. The molecular formula is C15H32O5. The van der Waals surface area contributed by atoms with Crippen molar-refractivity contribution in [2.75, 3.05) is 46.2 Å². The Kier molecular flexibility index (Phi) is 16.7. The van der Waals surface area contributed by atoms with E-state index in [1.54, 1.807) is 0 Å². The molecule has 0 atom stereocenters. The van der Waals surface area contributed by atoms with Gasteiger partial charge in [-0.25, -0.2) is 0 Å². The Morgan fingerprint density at radius 3 is 1.80 bits per heavy atom. The average Bonchev–Trinajstić information content (AvgIpc) is 2.50. The first kappa shape index (κ1) is 19.8. The van der Waals surface area contributed by atoms with E-state index in [1.165, 1.54) is 32.1 Å². The average molecular weight is 292 g/mol. The molecule has 1 saturated carbocycles. The summed E-state index contributed by atoms with van der Waals surface area (Å²) in [5.41, 5.74) is 0. The van der Waals surface area contributed by atoms with E-state index in [0.29, 0.717) is 32.5 Å². The van der Waals surface area contributed by atoms with E-state index in [-0.39, 0.29) is 13.2 Å². The molecule has 0 aromatic carbocycles. The Morgan fingerprint density at radius 1 is 0.800 bits per heavy atom. The van der Waals surface area contributed by atoms with E-state index in [0.717, 1.165) is 13.0 Å². The quantitative estimate of drug-likeness (QED) is 0.600. The Morgan fingerprint density at radius 2 is 1.35 bits per heavy atom. The fraction of sp³-hybridized carbons (Fsp3) is 1.00. The van der Waals surface area contributed by atoms with Crippen LogP contribution in [0.15, 0.2) is 0 Å². The molecular weight excluding hydrogens is 260 g/mol. The van der Waals surface area contributed by atoms with E-state index < -0.39 is 0 Å². The summed E-state index contributed by atoms with van der Waals surface area (Å²) in [4.78, 5) is 0. The van der Waals surface area contributed by atoms with Gasteiger partial charge in [0.25, 0.3) is 0 Å². The highest BCUT2D eigenvalue weighted by atomic mass is 16.5. The van der Waals surface area contributed by atoms with Gasteiger partial charge in [-0.2, -0.15) is 0 Å². The molecule has 0 aliphatic heterocycles. The highest BCUT2D eigenvalue weighted by Crippen LogP contribution is 2.20. The van der Waals surface area contributed by atoms with Crippen LogP contribution in [-0.2, 0) is 14.2 Å². The number of ether oxygens (including phenoxy) is 3. The van der Waals surface area contributed by atoms with Crippen molar-refractivity contribution in [1.29, 1.82) is 0 Å². The first-order valence-electron chi connectivity index (χ1n) is 7.84. The molecule has 5 heteroatoms. The van der Waals surface area contributed by atoms with Crippen LogP contribution in [0.5, 0.6) is 0 Å². The summed E-state index contributed by atoms with van der Waals surface area (Å²) in [7, 11) is 0. The van der Waals surface area contributed by atoms with Crippen LogP contribution in [0, 0.1) is 0 Å². The second kappa shape index (κ2) is 16.9. The Hall–Kier alpha value is -0.200. The molecule has 122 valence electrons. The lowest BCUT2D eigenvalue weighted by molar-refractivity contribution is 0.0222. The van der Waals surface area contributed by atoms with Gasteiger partial charge in [-0.1, -0.05) is 26.2 Å². The van der Waals surface area contributed by atoms with Crippen molar-refractivity contribution in [3.05, 3.63) is 0 Å². The summed E-state index contributed by atoms with van der Waals surface area (Å²) < 4.78 is 15.4. The van der Waals surface area contributed by atoms with Crippen molar-refractivity contribution in [2.24, 2.45) is 0 Å². The van der Waals surface area contributed by atoms with Gasteiger partial charge >= 0.3 is 0 Å². The third-order valence-electron chi connectivity index (χ3n) is 2.95. The summed E-state index contributed by atoms with van der Waals surface area (Å²) >= 11 is 0. The molecule has 0 bridgehead atoms. The van der Waals surface area contributed by atoms with Crippen molar-refractivity contribution >= 4 is 0 Å². The second-order valence-electron chi connectivity index (χ2n) is 4.80. The molecule has 0 saturated heterocycles. The number of hydrogen-bond donors (Lipinski definition) is 2. The second-order valence-corrected chi connectivity index (χ2v) is 4.80. The van der Waals surface area contributed by atoms with Crippen LogP contribution < -0.4 is 0 Å². The molecule has 2 N–H and O–H groups in total. The largest absolute Gasteiger partial charge is 0.394 e. The maximum Gasteiger partial charge on any atom is 0.0701 e. The summed E-state index contributed by atoms with van der Waals surface area (Å²) in [5, 5.41) is 16.5. The maximum atomic E-state index is 8.26. The molecule has 20 heavy (non-hydrogen) atoms. The fourth-order valence-corrected chi connectivity index (χ4v) is 1.97. The third kappa shape index (κ3) is 14.2. The number of hydrogen-bond acceptors (Lipinski definition) is 5. The zero-order valence-electron chi connectivity index (χ0n) is 12.9. The van der Waals surface area contributed by atoms with Gasteiger partial charge in [0.1, 0.15) is 0 Å². The van der Waals surface area contributed by atoms with Crippen molar-refractivity contribution in [2.45, 2.75) is 51.6 Å². The summed E-state index contributed by atoms with van der Waals surface area (Å²) in [6, 6.07) is 0. The summed E-state index contributed by atoms with van der Waals surface area (Å²) in [6.07, 6.45) is 8.57. The minimum atomic E-state index is 0.0417. The van der Waals surface area contributed by atoms with E-state index in [2.05, 4.69) is 6.92 Å². The number of aliphatic hydroxyl groups excluding tert-OH is 2. The number of rotatable bonds is 10. The zero-order valence-corrected chi connectivity index (χ0v) is 12.9. The van der Waals surface area contributed by atoms with E-state index in [9.17, 15) is 0 Å². The minimum Gasteiger partial charge on any atom is -0.394 e. The predicted octanol–water partition coefficient (Wildman–Crippen LogP) is 1.75. The Balaban J connectivity index is 0.000000361. The van der Waals surface area contributed by atoms with Crippen LogP contribution in [0.2, 0.25) is 0 Å². The zero-order chi connectivity index (χ0) is 14.9. The lowest BCUT2D eigenvalue weighted by Gasteiger charge is -2.21. The van der Waals surface area contributed by atoms with Gasteiger partial charge in [0.2, 0.25) is 0 Å². The fourth-order valence-electron chi connectivity index (χ4n) is 1.97. The van der Waals surface area contributed by atoms with Gasteiger partial charge in [-0.05, 0) is 19.3 Å². The standard InChI is InChI=1S/C9H18O.C6H14O4/c1-2-8-10-9-6-4-3-5-7-9;7-1-3-9-5-6-10-4-2-8/h9H,2-8H2,1H3;7-8H,1-6H2. The molecule has 1 aliphatic rings. The molecule has 0 aromatic heterocycles. The highest BCUT2D eigenvalue weighted by molar-refractivity contribution is 4.64. The minimum absolute atomic E-state index is 0.0417. The first-order chi connectivity index (χ1) is 9.85. The van der Waals surface area contributed by atoms with Crippen LogP contribution in [0.25, 0.3) is 0 Å². The van der Waals surface area contributed by atoms with Gasteiger partial charge in [0.05, 0.1) is 45.7 Å². The molecule has 0 radical (unpaired) electrons. The molecule has 0 unspecified atom stereocenters. The van der Waals surface area contributed by atoms with Crippen LogP contribution >= 0.6 is 0 Å². The van der Waals surface area contributed by atoms with Gasteiger partial charge in [0, 0.05) is 6.61 Å². The molecule has 1 aliphatic carbocycles. The van der Waals surface area contributed by atoms with E-state index >= 15 is 0 Å². The molecule has 1 rings (SSSR count).